The van der Waals surface area contributed by atoms with E-state index in [1.54, 1.807) is 22.2 Å². The van der Waals surface area contributed by atoms with Crippen LogP contribution in [0.1, 0.15) is 35.1 Å². The summed E-state index contributed by atoms with van der Waals surface area (Å²) < 4.78 is 1.73. The second kappa shape index (κ2) is 7.02. The minimum absolute atomic E-state index is 0.0421. The van der Waals surface area contributed by atoms with Gasteiger partial charge in [-0.25, -0.2) is 4.98 Å². The fourth-order valence-electron chi connectivity index (χ4n) is 4.20. The quantitative estimate of drug-likeness (QED) is 0.475. The van der Waals surface area contributed by atoms with Crippen LogP contribution in [0.3, 0.4) is 0 Å². The van der Waals surface area contributed by atoms with Gasteiger partial charge in [0.2, 0.25) is 0 Å². The van der Waals surface area contributed by atoms with Crippen LogP contribution in [0, 0.1) is 6.92 Å². The predicted molar refractivity (Wildman–Crippen MR) is 116 cm³/mol. The Kier molecular flexibility index (Phi) is 4.36. The van der Waals surface area contributed by atoms with Gasteiger partial charge in [0.05, 0.1) is 18.3 Å². The first-order chi connectivity index (χ1) is 13.7. The van der Waals surface area contributed by atoms with E-state index in [9.17, 15) is 4.79 Å². The molecule has 0 saturated carbocycles. The van der Waals surface area contributed by atoms with Crippen molar-refractivity contribution in [2.24, 2.45) is 0 Å². The minimum Gasteiger partial charge on any atom is -0.294 e. The van der Waals surface area contributed by atoms with Gasteiger partial charge in [0.15, 0.2) is 0 Å². The van der Waals surface area contributed by atoms with Gasteiger partial charge in [0, 0.05) is 10.9 Å². The molecular weight excluding hydrogens is 364 g/mol. The van der Waals surface area contributed by atoms with Crippen molar-refractivity contribution in [3.05, 3.63) is 86.8 Å². The third-order valence-corrected chi connectivity index (χ3v) is 6.54. The summed E-state index contributed by atoms with van der Waals surface area (Å²) in [5, 5.41) is 2.83. The molecule has 0 spiro atoms. The van der Waals surface area contributed by atoms with Gasteiger partial charge in [0.1, 0.15) is 4.83 Å². The molecule has 140 valence electrons. The van der Waals surface area contributed by atoms with Crippen molar-refractivity contribution in [3.8, 4) is 11.1 Å². The summed E-state index contributed by atoms with van der Waals surface area (Å²) in [5.74, 6) is 0. The van der Waals surface area contributed by atoms with E-state index >= 15 is 0 Å². The normalized spacial score (nSPS) is 13.6. The Bertz CT molecular complexity index is 1240. The highest BCUT2D eigenvalue weighted by Gasteiger charge is 2.16. The average Bonchev–Trinajstić information content (AvgIpc) is 3.15. The van der Waals surface area contributed by atoms with Crippen molar-refractivity contribution in [1.82, 2.24) is 9.55 Å². The zero-order chi connectivity index (χ0) is 19.1. The Labute approximate surface area is 168 Å². The molecule has 0 N–H and O–H groups in total. The lowest BCUT2D eigenvalue weighted by Crippen LogP contribution is -2.21. The zero-order valence-electron chi connectivity index (χ0n) is 15.9. The first-order valence-electron chi connectivity index (χ1n) is 9.83. The van der Waals surface area contributed by atoms with Crippen LogP contribution >= 0.6 is 11.3 Å². The van der Waals surface area contributed by atoms with E-state index in [2.05, 4.69) is 53.7 Å². The summed E-state index contributed by atoms with van der Waals surface area (Å²) >= 11 is 1.55. The van der Waals surface area contributed by atoms with Gasteiger partial charge >= 0.3 is 0 Å². The standard InChI is InChI=1S/C24H22N2OS/c1-16-5-4-6-17(11-16)13-26-15-25-23-22(24(26)27)21(14-28-23)20-10-9-18-7-2-3-8-19(18)12-20/h4-6,9-12,14-15H,2-3,7-8,13H2,1H3. The van der Waals surface area contributed by atoms with Crippen molar-refractivity contribution < 1.29 is 0 Å². The molecular formula is C24H22N2OS. The van der Waals surface area contributed by atoms with Gasteiger partial charge in [-0.05, 0) is 54.9 Å². The maximum absolute atomic E-state index is 13.3. The van der Waals surface area contributed by atoms with Crippen LogP contribution in [0.5, 0.6) is 0 Å². The molecule has 1 aliphatic rings. The molecule has 3 nitrogen and oxygen atoms in total. The van der Waals surface area contributed by atoms with Crippen LogP contribution in [0.4, 0.5) is 0 Å². The molecule has 28 heavy (non-hydrogen) atoms. The molecule has 0 bridgehead atoms. The highest BCUT2D eigenvalue weighted by molar-refractivity contribution is 7.17. The third-order valence-electron chi connectivity index (χ3n) is 5.66. The smallest absolute Gasteiger partial charge is 0.263 e. The summed E-state index contributed by atoms with van der Waals surface area (Å²) in [4.78, 5) is 18.7. The summed E-state index contributed by atoms with van der Waals surface area (Å²) in [6.07, 6.45) is 6.53. The Balaban J connectivity index is 1.60. The van der Waals surface area contributed by atoms with Crippen molar-refractivity contribution in [2.45, 2.75) is 39.2 Å². The fraction of sp³-hybridized carbons (Fsp3) is 0.250. The van der Waals surface area contributed by atoms with Gasteiger partial charge in [-0.3, -0.25) is 9.36 Å². The van der Waals surface area contributed by atoms with Gasteiger partial charge < -0.3 is 0 Å². The number of thiophene rings is 1. The molecule has 0 amide bonds. The monoisotopic (exact) mass is 386 g/mol. The van der Waals surface area contributed by atoms with Crippen LogP contribution in [-0.4, -0.2) is 9.55 Å². The molecule has 0 unspecified atom stereocenters. The van der Waals surface area contributed by atoms with Gasteiger partial charge in [-0.15, -0.1) is 11.3 Å². The predicted octanol–water partition coefficient (Wildman–Crippen LogP) is 5.36. The van der Waals surface area contributed by atoms with E-state index in [1.807, 2.05) is 6.07 Å². The SMILES string of the molecule is Cc1cccc(Cn2cnc3scc(-c4ccc5c(c4)CCCC5)c3c2=O)c1. The lowest BCUT2D eigenvalue weighted by molar-refractivity contribution is 0.686. The molecule has 4 aromatic rings. The molecule has 0 saturated heterocycles. The van der Waals surface area contributed by atoms with E-state index in [4.69, 9.17) is 0 Å². The Morgan fingerprint density at radius 2 is 1.93 bits per heavy atom. The first kappa shape index (κ1) is 17.4. The molecule has 0 radical (unpaired) electrons. The number of nitrogens with zero attached hydrogens (tertiary/aromatic N) is 2. The van der Waals surface area contributed by atoms with E-state index < -0.39 is 0 Å². The van der Waals surface area contributed by atoms with Crippen LogP contribution in [0.2, 0.25) is 0 Å². The molecule has 1 aliphatic carbocycles. The second-order valence-corrected chi connectivity index (χ2v) is 8.54. The fourth-order valence-corrected chi connectivity index (χ4v) is 5.11. The lowest BCUT2D eigenvalue weighted by atomic mass is 9.89. The van der Waals surface area contributed by atoms with Crippen LogP contribution in [-0.2, 0) is 19.4 Å². The summed E-state index contributed by atoms with van der Waals surface area (Å²) in [6, 6.07) is 15.0. The van der Waals surface area contributed by atoms with Gasteiger partial charge in [0.25, 0.3) is 5.56 Å². The molecule has 5 rings (SSSR count). The Morgan fingerprint density at radius 3 is 2.79 bits per heavy atom. The number of rotatable bonds is 3. The zero-order valence-corrected chi connectivity index (χ0v) is 16.8. The van der Waals surface area contributed by atoms with Crippen LogP contribution in [0.25, 0.3) is 21.3 Å². The third kappa shape index (κ3) is 3.08. The highest BCUT2D eigenvalue weighted by atomic mass is 32.1. The van der Waals surface area contributed by atoms with Crippen molar-refractivity contribution in [2.75, 3.05) is 0 Å². The molecule has 0 aliphatic heterocycles. The number of hydrogen-bond acceptors (Lipinski definition) is 3. The minimum atomic E-state index is 0.0421. The van der Waals surface area contributed by atoms with E-state index in [0.29, 0.717) is 6.54 Å². The lowest BCUT2D eigenvalue weighted by Gasteiger charge is -2.16. The first-order valence-corrected chi connectivity index (χ1v) is 10.7. The number of aryl methyl sites for hydroxylation is 3. The van der Waals surface area contributed by atoms with E-state index in [1.165, 1.54) is 36.0 Å². The van der Waals surface area contributed by atoms with Crippen molar-refractivity contribution in [1.29, 1.82) is 0 Å². The molecule has 4 heteroatoms. The Hall–Kier alpha value is -2.72. The van der Waals surface area contributed by atoms with Crippen LogP contribution in [0.15, 0.2) is 59.0 Å². The molecule has 2 aromatic carbocycles. The van der Waals surface area contributed by atoms with Crippen molar-refractivity contribution in [3.63, 3.8) is 0 Å². The van der Waals surface area contributed by atoms with Gasteiger partial charge in [-0.1, -0.05) is 48.0 Å². The molecule has 0 fully saturated rings. The highest BCUT2D eigenvalue weighted by Crippen LogP contribution is 2.33. The number of fused-ring (bicyclic) bond motifs is 2. The molecule has 2 aromatic heterocycles. The van der Waals surface area contributed by atoms with Crippen LogP contribution < -0.4 is 5.56 Å². The molecule has 0 atom stereocenters. The number of aromatic nitrogens is 2. The maximum atomic E-state index is 13.3. The Morgan fingerprint density at radius 1 is 1.07 bits per heavy atom. The molecule has 2 heterocycles. The second-order valence-electron chi connectivity index (χ2n) is 7.69. The van der Waals surface area contributed by atoms with Crippen molar-refractivity contribution >= 4 is 21.6 Å². The maximum Gasteiger partial charge on any atom is 0.263 e. The topological polar surface area (TPSA) is 34.9 Å². The average molecular weight is 387 g/mol. The van der Waals surface area contributed by atoms with E-state index in [-0.39, 0.29) is 5.56 Å². The van der Waals surface area contributed by atoms with E-state index in [0.717, 1.165) is 33.3 Å². The number of hydrogen-bond donors (Lipinski definition) is 0. The number of benzene rings is 2. The summed E-state index contributed by atoms with van der Waals surface area (Å²) in [6.45, 7) is 2.61. The van der Waals surface area contributed by atoms with Gasteiger partial charge in [-0.2, -0.15) is 0 Å². The summed E-state index contributed by atoms with van der Waals surface area (Å²) in [5.41, 5.74) is 7.42. The summed E-state index contributed by atoms with van der Waals surface area (Å²) in [7, 11) is 0. The largest absolute Gasteiger partial charge is 0.294 e.